The molecule has 0 aliphatic carbocycles. The van der Waals surface area contributed by atoms with Crippen LogP contribution in [0.3, 0.4) is 0 Å². The van der Waals surface area contributed by atoms with Crippen molar-refractivity contribution in [1.29, 1.82) is 10.7 Å². The number of anilines is 1. The highest BCUT2D eigenvalue weighted by atomic mass is 19.1. The number of nitrogens with zero attached hydrogens (tertiary/aromatic N) is 3. The number of H-pyrrole nitrogens is 1. The number of aromatic amines is 1. The van der Waals surface area contributed by atoms with Gasteiger partial charge in [-0.25, -0.2) is 9.18 Å². The molecule has 2 aromatic carbocycles. The third-order valence-corrected chi connectivity index (χ3v) is 6.56. The van der Waals surface area contributed by atoms with Crippen LogP contribution in [0.4, 0.5) is 14.9 Å². The van der Waals surface area contributed by atoms with Gasteiger partial charge in [-0.2, -0.15) is 5.26 Å². The van der Waals surface area contributed by atoms with Gasteiger partial charge in [-0.05, 0) is 73.6 Å². The summed E-state index contributed by atoms with van der Waals surface area (Å²) in [7, 11) is 0. The SMILES string of the molecule is CC(CC(=N)CCN(C(=O)N1CCCCC1)c1ccc(F)cc1)c1c[nH]c2cc(C#N)ccc12. The summed E-state index contributed by atoms with van der Waals surface area (Å²) < 4.78 is 13.5. The number of halogens is 1. The number of amides is 2. The predicted molar refractivity (Wildman–Crippen MR) is 133 cm³/mol. The molecule has 2 N–H and O–H groups in total. The zero-order valence-corrected chi connectivity index (χ0v) is 19.5. The summed E-state index contributed by atoms with van der Waals surface area (Å²) in [5, 5.41) is 18.8. The minimum Gasteiger partial charge on any atom is -0.361 e. The van der Waals surface area contributed by atoms with Crippen molar-refractivity contribution in [3.63, 3.8) is 0 Å². The van der Waals surface area contributed by atoms with Crippen LogP contribution >= 0.6 is 0 Å². The molecule has 1 aliphatic heterocycles. The van der Waals surface area contributed by atoms with Crippen LogP contribution < -0.4 is 4.90 Å². The fourth-order valence-electron chi connectivity index (χ4n) is 4.67. The second-order valence-corrected chi connectivity index (χ2v) is 9.03. The van der Waals surface area contributed by atoms with Crippen molar-refractivity contribution < 1.29 is 9.18 Å². The van der Waals surface area contributed by atoms with Gasteiger partial charge in [0, 0.05) is 54.6 Å². The van der Waals surface area contributed by atoms with Crippen LogP contribution in [0.15, 0.2) is 48.7 Å². The van der Waals surface area contributed by atoms with Crippen LogP contribution in [0.25, 0.3) is 10.9 Å². The van der Waals surface area contributed by atoms with Gasteiger partial charge in [-0.15, -0.1) is 0 Å². The van der Waals surface area contributed by atoms with E-state index < -0.39 is 0 Å². The molecule has 6 nitrogen and oxygen atoms in total. The number of urea groups is 1. The molecule has 0 saturated carbocycles. The summed E-state index contributed by atoms with van der Waals surface area (Å²) in [6, 6.07) is 13.7. The maximum Gasteiger partial charge on any atom is 0.324 e. The fourth-order valence-corrected chi connectivity index (χ4v) is 4.67. The molecule has 1 fully saturated rings. The van der Waals surface area contributed by atoms with Crippen LogP contribution in [-0.4, -0.2) is 41.3 Å². The van der Waals surface area contributed by atoms with E-state index in [0.717, 1.165) is 48.8 Å². The summed E-state index contributed by atoms with van der Waals surface area (Å²) in [6.45, 7) is 3.94. The Morgan fingerprint density at radius 1 is 1.21 bits per heavy atom. The fraction of sp³-hybridized carbons (Fsp3) is 0.370. The molecule has 1 aromatic heterocycles. The lowest BCUT2D eigenvalue weighted by molar-refractivity contribution is 0.193. The molecule has 34 heavy (non-hydrogen) atoms. The first-order valence-electron chi connectivity index (χ1n) is 11.9. The van der Waals surface area contributed by atoms with Crippen molar-refractivity contribution in [3.05, 3.63) is 65.6 Å². The van der Waals surface area contributed by atoms with Gasteiger partial charge in [0.2, 0.25) is 0 Å². The average Bonchev–Trinajstić information content (AvgIpc) is 3.29. The number of nitriles is 1. The Hall–Kier alpha value is -3.66. The Morgan fingerprint density at radius 2 is 1.94 bits per heavy atom. The molecule has 1 unspecified atom stereocenters. The lowest BCUT2D eigenvalue weighted by Crippen LogP contribution is -2.46. The van der Waals surface area contributed by atoms with Gasteiger partial charge in [-0.3, -0.25) is 4.90 Å². The topological polar surface area (TPSA) is 87.0 Å². The van der Waals surface area contributed by atoms with Crippen LogP contribution in [0.1, 0.15) is 56.1 Å². The molecule has 0 bridgehead atoms. The van der Waals surface area contributed by atoms with Crippen LogP contribution in [-0.2, 0) is 0 Å². The number of aromatic nitrogens is 1. The molecule has 4 rings (SSSR count). The number of piperidine rings is 1. The summed E-state index contributed by atoms with van der Waals surface area (Å²) in [5.74, 6) is -0.220. The zero-order valence-electron chi connectivity index (χ0n) is 19.5. The molecule has 0 radical (unpaired) electrons. The Kier molecular flexibility index (Phi) is 7.27. The van der Waals surface area contributed by atoms with Gasteiger partial charge < -0.3 is 15.3 Å². The van der Waals surface area contributed by atoms with Crippen molar-refractivity contribution in [2.75, 3.05) is 24.5 Å². The summed E-state index contributed by atoms with van der Waals surface area (Å²) in [5.41, 5.74) is 3.86. The number of fused-ring (bicyclic) bond motifs is 1. The monoisotopic (exact) mass is 459 g/mol. The number of hydrogen-bond donors (Lipinski definition) is 2. The quantitative estimate of drug-likeness (QED) is 0.412. The van der Waals surface area contributed by atoms with Crippen molar-refractivity contribution >= 4 is 28.3 Å². The third kappa shape index (κ3) is 5.28. The lowest BCUT2D eigenvalue weighted by Gasteiger charge is -2.33. The van der Waals surface area contributed by atoms with E-state index in [4.69, 9.17) is 10.7 Å². The third-order valence-electron chi connectivity index (χ3n) is 6.56. The van der Waals surface area contributed by atoms with Gasteiger partial charge in [0.25, 0.3) is 0 Å². The highest BCUT2D eigenvalue weighted by Crippen LogP contribution is 2.29. The summed E-state index contributed by atoms with van der Waals surface area (Å²) in [4.78, 5) is 20.0. The Bertz CT molecular complexity index is 1200. The normalized spacial score (nSPS) is 14.6. The molecule has 1 saturated heterocycles. The van der Waals surface area contributed by atoms with Crippen molar-refractivity contribution in [1.82, 2.24) is 9.88 Å². The molecular formula is C27H30FN5O. The highest BCUT2D eigenvalue weighted by molar-refractivity contribution is 5.93. The van der Waals surface area contributed by atoms with E-state index in [1.807, 2.05) is 29.3 Å². The Balaban J connectivity index is 1.43. The van der Waals surface area contributed by atoms with Gasteiger partial charge in [0.05, 0.1) is 11.6 Å². The molecule has 2 heterocycles. The first kappa shape index (κ1) is 23.5. The molecular weight excluding hydrogens is 429 g/mol. The highest BCUT2D eigenvalue weighted by Gasteiger charge is 2.24. The van der Waals surface area contributed by atoms with Gasteiger partial charge in [-0.1, -0.05) is 13.0 Å². The van der Waals surface area contributed by atoms with Gasteiger partial charge in [0.15, 0.2) is 0 Å². The average molecular weight is 460 g/mol. The maximum atomic E-state index is 13.5. The Morgan fingerprint density at radius 3 is 2.65 bits per heavy atom. The van der Waals surface area contributed by atoms with Crippen molar-refractivity contribution in [2.24, 2.45) is 0 Å². The van der Waals surface area contributed by atoms with E-state index in [2.05, 4.69) is 18.0 Å². The molecule has 1 atom stereocenters. The minimum atomic E-state index is -0.337. The predicted octanol–water partition coefficient (Wildman–Crippen LogP) is 6.19. The molecule has 2 amide bonds. The Labute approximate surface area is 199 Å². The number of benzene rings is 2. The molecule has 176 valence electrons. The zero-order chi connectivity index (χ0) is 24.1. The molecule has 7 heteroatoms. The van der Waals surface area contributed by atoms with Gasteiger partial charge in [0.1, 0.15) is 5.82 Å². The first-order chi connectivity index (χ1) is 16.5. The number of nitrogens with one attached hydrogen (secondary N) is 2. The molecule has 3 aromatic rings. The van der Waals surface area contributed by atoms with Crippen molar-refractivity contribution in [2.45, 2.75) is 44.9 Å². The van der Waals surface area contributed by atoms with E-state index in [9.17, 15) is 9.18 Å². The van der Waals surface area contributed by atoms with E-state index >= 15 is 0 Å². The van der Waals surface area contributed by atoms with Crippen LogP contribution in [0.2, 0.25) is 0 Å². The smallest absolute Gasteiger partial charge is 0.324 e. The number of likely N-dealkylation sites (tertiary alicyclic amines) is 1. The standard InChI is InChI=1S/C27H30FN5O/c1-19(25-18-31-26-16-20(17-29)5-10-24(25)26)15-22(30)11-14-33(23-8-6-21(28)7-9-23)27(34)32-12-3-2-4-13-32/h5-10,16,18-19,30-31H,2-4,11-15H2,1H3. The van der Waals surface area contributed by atoms with E-state index in [0.29, 0.717) is 36.3 Å². The number of hydrogen-bond acceptors (Lipinski definition) is 3. The van der Waals surface area contributed by atoms with Crippen LogP contribution in [0, 0.1) is 22.6 Å². The lowest BCUT2D eigenvalue weighted by atomic mass is 9.93. The molecule has 0 spiro atoms. The summed E-state index contributed by atoms with van der Waals surface area (Å²) >= 11 is 0. The number of carbonyl (C=O) groups excluding carboxylic acids is 1. The van der Waals surface area contributed by atoms with Crippen molar-refractivity contribution in [3.8, 4) is 6.07 Å². The van der Waals surface area contributed by atoms with E-state index in [1.165, 1.54) is 12.1 Å². The minimum absolute atomic E-state index is 0.0721. The second kappa shape index (κ2) is 10.5. The van der Waals surface area contributed by atoms with E-state index in [-0.39, 0.29) is 17.8 Å². The van der Waals surface area contributed by atoms with Crippen LogP contribution in [0.5, 0.6) is 0 Å². The largest absolute Gasteiger partial charge is 0.361 e. The number of carbonyl (C=O) groups is 1. The second-order valence-electron chi connectivity index (χ2n) is 9.03. The number of rotatable bonds is 7. The molecule has 1 aliphatic rings. The maximum absolute atomic E-state index is 13.5. The summed E-state index contributed by atoms with van der Waals surface area (Å²) in [6.07, 6.45) is 6.10. The first-order valence-corrected chi connectivity index (χ1v) is 11.9. The van der Waals surface area contributed by atoms with Gasteiger partial charge >= 0.3 is 6.03 Å². The van der Waals surface area contributed by atoms with E-state index in [1.54, 1.807) is 17.0 Å².